The van der Waals surface area contributed by atoms with Crippen molar-refractivity contribution in [2.24, 2.45) is 5.73 Å². The Hall–Kier alpha value is -1.06. The summed E-state index contributed by atoms with van der Waals surface area (Å²) in [5, 5.41) is 9.16. The second kappa shape index (κ2) is 3.56. The Morgan fingerprint density at radius 2 is 2.17 bits per heavy atom. The highest BCUT2D eigenvalue weighted by molar-refractivity contribution is 6.31. The van der Waals surface area contributed by atoms with E-state index in [0.29, 0.717) is 16.1 Å². The number of aliphatic hydroxyl groups excluding tert-OH is 1. The van der Waals surface area contributed by atoms with Crippen LogP contribution >= 0.6 is 11.6 Å². The predicted molar refractivity (Wildman–Crippen MR) is 45.9 cm³/mol. The molecule has 12 heavy (non-hydrogen) atoms. The van der Waals surface area contributed by atoms with Crippen molar-refractivity contribution in [2.75, 3.05) is 0 Å². The summed E-state index contributed by atoms with van der Waals surface area (Å²) >= 11 is 5.65. The highest BCUT2D eigenvalue weighted by Crippen LogP contribution is 2.14. The molecule has 3 nitrogen and oxygen atoms in total. The van der Waals surface area contributed by atoms with Gasteiger partial charge < -0.3 is 10.8 Å². The SMILES string of the molecule is NC(=O)c1cc(Cl)cc(CO)c1. The Kier molecular flexibility index (Phi) is 2.68. The number of rotatable bonds is 2. The number of hydrogen-bond donors (Lipinski definition) is 2. The van der Waals surface area contributed by atoms with E-state index in [9.17, 15) is 4.79 Å². The molecule has 1 amide bonds. The lowest BCUT2D eigenvalue weighted by Gasteiger charge is -2.00. The van der Waals surface area contributed by atoms with Gasteiger partial charge in [0, 0.05) is 10.6 Å². The average Bonchev–Trinajstić information content (AvgIpc) is 2.03. The molecule has 0 atom stereocenters. The number of primary amides is 1. The Balaban J connectivity index is 3.15. The van der Waals surface area contributed by atoms with Gasteiger partial charge in [0.05, 0.1) is 6.61 Å². The van der Waals surface area contributed by atoms with Crippen LogP contribution in [-0.4, -0.2) is 11.0 Å². The van der Waals surface area contributed by atoms with Crippen LogP contribution in [0.15, 0.2) is 18.2 Å². The minimum atomic E-state index is -0.549. The number of halogens is 1. The van der Waals surface area contributed by atoms with Crippen LogP contribution in [0, 0.1) is 0 Å². The van der Waals surface area contributed by atoms with Crippen LogP contribution in [0.25, 0.3) is 0 Å². The molecule has 64 valence electrons. The second-order valence-corrected chi connectivity index (χ2v) is 2.81. The Labute approximate surface area is 74.8 Å². The Morgan fingerprint density at radius 3 is 2.67 bits per heavy atom. The van der Waals surface area contributed by atoms with E-state index in [4.69, 9.17) is 22.4 Å². The molecule has 4 heteroatoms. The van der Waals surface area contributed by atoms with Crippen molar-refractivity contribution >= 4 is 17.5 Å². The monoisotopic (exact) mass is 185 g/mol. The number of carbonyl (C=O) groups is 1. The summed E-state index contributed by atoms with van der Waals surface area (Å²) in [6.07, 6.45) is 0. The largest absolute Gasteiger partial charge is 0.392 e. The van der Waals surface area contributed by atoms with Gasteiger partial charge in [0.15, 0.2) is 0 Å². The van der Waals surface area contributed by atoms with Crippen LogP contribution in [0.4, 0.5) is 0 Å². The van der Waals surface area contributed by atoms with Gasteiger partial charge in [0.2, 0.25) is 5.91 Å². The minimum absolute atomic E-state index is 0.152. The maximum atomic E-state index is 10.7. The standard InChI is InChI=1S/C8H8ClNO2/c9-7-2-5(4-11)1-6(3-7)8(10)12/h1-3,11H,4H2,(H2,10,12). The summed E-state index contributed by atoms with van der Waals surface area (Å²) in [6.45, 7) is -0.152. The second-order valence-electron chi connectivity index (χ2n) is 2.37. The van der Waals surface area contributed by atoms with Crippen molar-refractivity contribution in [2.45, 2.75) is 6.61 Å². The van der Waals surface area contributed by atoms with Crippen molar-refractivity contribution in [3.8, 4) is 0 Å². The number of benzene rings is 1. The van der Waals surface area contributed by atoms with Crippen LogP contribution in [0.2, 0.25) is 5.02 Å². The lowest BCUT2D eigenvalue weighted by Crippen LogP contribution is -2.11. The third-order valence-corrected chi connectivity index (χ3v) is 1.64. The molecular weight excluding hydrogens is 178 g/mol. The van der Waals surface area contributed by atoms with Gasteiger partial charge in [0.25, 0.3) is 0 Å². The first kappa shape index (κ1) is 9.03. The number of nitrogens with two attached hydrogens (primary N) is 1. The molecule has 0 heterocycles. The fourth-order valence-electron chi connectivity index (χ4n) is 0.884. The maximum absolute atomic E-state index is 10.7. The van der Waals surface area contributed by atoms with Gasteiger partial charge in [-0.05, 0) is 23.8 Å². The van der Waals surface area contributed by atoms with E-state index in [-0.39, 0.29) is 6.61 Å². The van der Waals surface area contributed by atoms with Crippen LogP contribution < -0.4 is 5.73 Å². The van der Waals surface area contributed by atoms with Crippen LogP contribution in [0.3, 0.4) is 0 Å². The van der Waals surface area contributed by atoms with Gasteiger partial charge in [-0.25, -0.2) is 0 Å². The Morgan fingerprint density at radius 1 is 1.50 bits per heavy atom. The van der Waals surface area contributed by atoms with Gasteiger partial charge in [-0.2, -0.15) is 0 Å². The molecule has 0 aliphatic heterocycles. The molecule has 0 unspecified atom stereocenters. The van der Waals surface area contributed by atoms with Crippen LogP contribution in [0.1, 0.15) is 15.9 Å². The van der Waals surface area contributed by atoms with E-state index >= 15 is 0 Å². The summed E-state index contributed by atoms with van der Waals surface area (Å²) in [5.74, 6) is -0.549. The predicted octanol–water partition coefficient (Wildman–Crippen LogP) is 0.931. The molecule has 0 aliphatic carbocycles. The molecule has 0 saturated heterocycles. The van der Waals surface area contributed by atoms with Crippen molar-refractivity contribution in [3.63, 3.8) is 0 Å². The molecule has 0 aliphatic rings. The molecular formula is C8H8ClNO2. The molecule has 0 spiro atoms. The third kappa shape index (κ3) is 1.96. The first-order valence-corrected chi connectivity index (χ1v) is 3.71. The van der Waals surface area contributed by atoms with Crippen molar-refractivity contribution in [1.82, 2.24) is 0 Å². The van der Waals surface area contributed by atoms with Gasteiger partial charge in [-0.15, -0.1) is 0 Å². The first-order valence-electron chi connectivity index (χ1n) is 3.33. The zero-order valence-electron chi connectivity index (χ0n) is 6.25. The number of amides is 1. The van der Waals surface area contributed by atoms with Crippen molar-refractivity contribution in [3.05, 3.63) is 34.3 Å². The van der Waals surface area contributed by atoms with Crippen molar-refractivity contribution < 1.29 is 9.90 Å². The van der Waals surface area contributed by atoms with Crippen LogP contribution in [-0.2, 0) is 6.61 Å². The topological polar surface area (TPSA) is 63.3 Å². The van der Waals surface area contributed by atoms with Gasteiger partial charge in [-0.3, -0.25) is 4.79 Å². The highest BCUT2D eigenvalue weighted by atomic mass is 35.5. The number of aliphatic hydroxyl groups is 1. The fourth-order valence-corrected chi connectivity index (χ4v) is 1.14. The molecule has 0 fully saturated rings. The lowest BCUT2D eigenvalue weighted by atomic mass is 10.1. The summed E-state index contributed by atoms with van der Waals surface area (Å²) in [5.41, 5.74) is 5.92. The summed E-state index contributed by atoms with van der Waals surface area (Å²) < 4.78 is 0. The smallest absolute Gasteiger partial charge is 0.248 e. The van der Waals surface area contributed by atoms with Gasteiger partial charge in [-0.1, -0.05) is 11.6 Å². The molecule has 0 aromatic heterocycles. The normalized spacial score (nSPS) is 9.83. The first-order chi connectivity index (χ1) is 5.63. The number of hydrogen-bond acceptors (Lipinski definition) is 2. The van der Waals surface area contributed by atoms with E-state index in [2.05, 4.69) is 0 Å². The maximum Gasteiger partial charge on any atom is 0.248 e. The van der Waals surface area contributed by atoms with E-state index in [1.807, 2.05) is 0 Å². The molecule has 1 aromatic carbocycles. The molecule has 1 rings (SSSR count). The lowest BCUT2D eigenvalue weighted by molar-refractivity contribution is 0.1000. The van der Waals surface area contributed by atoms with Gasteiger partial charge in [0.1, 0.15) is 0 Å². The zero-order valence-corrected chi connectivity index (χ0v) is 7.01. The number of carbonyl (C=O) groups excluding carboxylic acids is 1. The van der Waals surface area contributed by atoms with E-state index < -0.39 is 5.91 Å². The molecule has 0 radical (unpaired) electrons. The molecule has 0 saturated carbocycles. The Bertz CT molecular complexity index is 312. The zero-order chi connectivity index (χ0) is 9.14. The summed E-state index contributed by atoms with van der Waals surface area (Å²) in [6, 6.07) is 4.55. The van der Waals surface area contributed by atoms with Crippen molar-refractivity contribution in [1.29, 1.82) is 0 Å². The molecule has 3 N–H and O–H groups in total. The summed E-state index contributed by atoms with van der Waals surface area (Å²) in [7, 11) is 0. The van der Waals surface area contributed by atoms with E-state index in [1.54, 1.807) is 6.07 Å². The van der Waals surface area contributed by atoms with Crippen LogP contribution in [0.5, 0.6) is 0 Å². The third-order valence-electron chi connectivity index (χ3n) is 1.42. The summed E-state index contributed by atoms with van der Waals surface area (Å²) in [4.78, 5) is 10.7. The average molecular weight is 186 g/mol. The fraction of sp³-hybridized carbons (Fsp3) is 0.125. The quantitative estimate of drug-likeness (QED) is 0.720. The van der Waals surface area contributed by atoms with E-state index in [0.717, 1.165) is 0 Å². The van der Waals surface area contributed by atoms with Gasteiger partial charge >= 0.3 is 0 Å². The highest BCUT2D eigenvalue weighted by Gasteiger charge is 2.03. The van der Waals surface area contributed by atoms with E-state index in [1.165, 1.54) is 12.1 Å². The molecule has 1 aromatic rings. The minimum Gasteiger partial charge on any atom is -0.392 e. The molecule has 0 bridgehead atoms.